The lowest BCUT2D eigenvalue weighted by molar-refractivity contribution is 0.122. The molecule has 3 aromatic rings. The fourth-order valence-electron chi connectivity index (χ4n) is 4.81. The van der Waals surface area contributed by atoms with Gasteiger partial charge in [-0.1, -0.05) is 13.0 Å². The first-order chi connectivity index (χ1) is 17.1. The molecule has 0 saturated carbocycles. The molecule has 1 fully saturated rings. The van der Waals surface area contributed by atoms with Gasteiger partial charge in [0.05, 0.1) is 25.5 Å². The number of ether oxygens (including phenoxy) is 2. The number of benzene rings is 1. The van der Waals surface area contributed by atoms with Gasteiger partial charge >= 0.3 is 0 Å². The van der Waals surface area contributed by atoms with Gasteiger partial charge in [0.15, 0.2) is 0 Å². The van der Waals surface area contributed by atoms with E-state index in [1.54, 1.807) is 7.11 Å². The Morgan fingerprint density at radius 1 is 1.09 bits per heavy atom. The van der Waals surface area contributed by atoms with Gasteiger partial charge in [-0.25, -0.2) is 9.97 Å². The summed E-state index contributed by atoms with van der Waals surface area (Å²) in [5, 5.41) is 6.55. The van der Waals surface area contributed by atoms with Crippen LogP contribution in [0.1, 0.15) is 18.2 Å². The van der Waals surface area contributed by atoms with Gasteiger partial charge in [0.2, 0.25) is 5.95 Å². The average molecular weight is 476 g/mol. The molecule has 0 aliphatic carbocycles. The second-order valence-corrected chi connectivity index (χ2v) is 9.30. The van der Waals surface area contributed by atoms with E-state index in [9.17, 15) is 0 Å². The van der Waals surface area contributed by atoms with Crippen LogP contribution in [-0.4, -0.2) is 68.6 Å². The molecule has 9 heteroatoms. The molecule has 5 rings (SSSR count). The first kappa shape index (κ1) is 23.5. The molecule has 35 heavy (non-hydrogen) atoms. The highest BCUT2D eigenvalue weighted by Crippen LogP contribution is 2.43. The minimum Gasteiger partial charge on any atom is -0.384 e. The van der Waals surface area contributed by atoms with Crippen molar-refractivity contribution in [3.63, 3.8) is 0 Å². The molecule has 2 aliphatic heterocycles. The van der Waals surface area contributed by atoms with Crippen molar-refractivity contribution in [3.8, 4) is 0 Å². The predicted octanol–water partition coefficient (Wildman–Crippen LogP) is 3.23. The summed E-state index contributed by atoms with van der Waals surface area (Å²) >= 11 is 0. The summed E-state index contributed by atoms with van der Waals surface area (Å²) in [6, 6.07) is 14.5. The molecule has 0 bridgehead atoms. The van der Waals surface area contributed by atoms with Crippen molar-refractivity contribution in [3.05, 3.63) is 59.9 Å². The van der Waals surface area contributed by atoms with Crippen molar-refractivity contribution in [2.45, 2.75) is 18.9 Å². The highest BCUT2D eigenvalue weighted by molar-refractivity contribution is 5.69. The van der Waals surface area contributed by atoms with E-state index in [2.05, 4.69) is 56.6 Å². The van der Waals surface area contributed by atoms with E-state index in [1.807, 2.05) is 31.4 Å². The van der Waals surface area contributed by atoms with Crippen LogP contribution in [0, 0.1) is 0 Å². The van der Waals surface area contributed by atoms with Crippen molar-refractivity contribution >= 4 is 29.0 Å². The Balaban J connectivity index is 1.42. The molecule has 0 unspecified atom stereocenters. The van der Waals surface area contributed by atoms with Gasteiger partial charge in [-0.2, -0.15) is 4.98 Å². The number of morpholine rings is 1. The molecule has 0 spiro atoms. The molecule has 0 amide bonds. The number of rotatable bonds is 8. The molecule has 2 aliphatic rings. The maximum Gasteiger partial charge on any atom is 0.229 e. The van der Waals surface area contributed by atoms with Gasteiger partial charge in [-0.3, -0.25) is 0 Å². The first-order valence-corrected chi connectivity index (χ1v) is 12.0. The summed E-state index contributed by atoms with van der Waals surface area (Å²) in [4.78, 5) is 19.0. The molecule has 1 saturated heterocycles. The summed E-state index contributed by atoms with van der Waals surface area (Å²) in [5.41, 5.74) is 3.96. The van der Waals surface area contributed by atoms with E-state index < -0.39 is 0 Å². The third-order valence-corrected chi connectivity index (χ3v) is 6.57. The quantitative estimate of drug-likeness (QED) is 0.510. The first-order valence-electron chi connectivity index (χ1n) is 12.0. The lowest BCUT2D eigenvalue weighted by atomic mass is 9.87. The Kier molecular flexibility index (Phi) is 6.81. The zero-order valence-electron chi connectivity index (χ0n) is 20.6. The van der Waals surface area contributed by atoms with Gasteiger partial charge in [-0.15, -0.1) is 0 Å². The van der Waals surface area contributed by atoms with Crippen LogP contribution < -0.4 is 20.4 Å². The Morgan fingerprint density at radius 3 is 2.63 bits per heavy atom. The summed E-state index contributed by atoms with van der Waals surface area (Å²) in [6.45, 7) is 7.57. The van der Waals surface area contributed by atoms with E-state index in [-0.39, 0.29) is 5.41 Å². The summed E-state index contributed by atoms with van der Waals surface area (Å²) < 4.78 is 11.0. The number of pyridine rings is 1. The van der Waals surface area contributed by atoms with Crippen LogP contribution in [0.3, 0.4) is 0 Å². The number of hydrogen-bond donors (Lipinski definition) is 2. The molecule has 184 valence electrons. The molecule has 1 aromatic carbocycles. The highest BCUT2D eigenvalue weighted by atomic mass is 16.5. The zero-order chi connectivity index (χ0) is 24.3. The van der Waals surface area contributed by atoms with E-state index in [0.717, 1.165) is 61.4 Å². The summed E-state index contributed by atoms with van der Waals surface area (Å²) in [7, 11) is 3.66. The minimum absolute atomic E-state index is 0.233. The summed E-state index contributed by atoms with van der Waals surface area (Å²) in [5.74, 6) is 2.29. The van der Waals surface area contributed by atoms with Crippen LogP contribution >= 0.6 is 0 Å². The topological polar surface area (TPSA) is 87.7 Å². The van der Waals surface area contributed by atoms with Crippen molar-refractivity contribution in [1.29, 1.82) is 0 Å². The molecule has 1 atom stereocenters. The predicted molar refractivity (Wildman–Crippen MR) is 138 cm³/mol. The van der Waals surface area contributed by atoms with Crippen molar-refractivity contribution in [2.75, 3.05) is 68.7 Å². The number of aromatic nitrogens is 3. The lowest BCUT2D eigenvalue weighted by Crippen LogP contribution is -2.36. The maximum absolute atomic E-state index is 5.58. The fraction of sp³-hybridized carbons (Fsp3) is 0.423. The van der Waals surface area contributed by atoms with Gasteiger partial charge in [0.25, 0.3) is 0 Å². The van der Waals surface area contributed by atoms with E-state index in [1.165, 1.54) is 5.69 Å². The average Bonchev–Trinajstić information content (AvgIpc) is 3.17. The summed E-state index contributed by atoms with van der Waals surface area (Å²) in [6.07, 6.45) is 1.92. The van der Waals surface area contributed by atoms with Gasteiger partial charge in [-0.05, 0) is 43.4 Å². The normalized spacial score (nSPS) is 19.6. The van der Waals surface area contributed by atoms with Crippen LogP contribution in [0.15, 0.2) is 48.7 Å². The standard InChI is InChI=1S/C26H33N7O2/c1-26(18-34-3)17-33(23-6-4-5-20(29-23)15-27-2)24-22(26)16-28-25(31-24)30-19-7-9-21(10-8-19)32-11-13-35-14-12-32/h4-10,16,27H,11-15,17-18H2,1-3H3,(H,28,30,31)/t26-/m1/s1. The van der Waals surface area contributed by atoms with Crippen molar-refractivity contribution < 1.29 is 9.47 Å². The third kappa shape index (κ3) is 4.93. The third-order valence-electron chi connectivity index (χ3n) is 6.57. The second-order valence-electron chi connectivity index (χ2n) is 9.30. The Bertz CT molecular complexity index is 1150. The number of anilines is 5. The number of hydrogen-bond acceptors (Lipinski definition) is 9. The SMILES string of the molecule is CNCc1cccc(N2C[C@](C)(COC)c3cnc(Nc4ccc(N5CCOCC5)cc4)nc32)n1. The number of nitrogens with one attached hydrogen (secondary N) is 2. The Hall–Kier alpha value is -3.27. The lowest BCUT2D eigenvalue weighted by Gasteiger charge is -2.28. The molecule has 2 N–H and O–H groups in total. The zero-order valence-corrected chi connectivity index (χ0v) is 20.6. The van der Waals surface area contributed by atoms with Crippen LogP contribution in [-0.2, 0) is 21.4 Å². The van der Waals surface area contributed by atoms with E-state index in [4.69, 9.17) is 19.4 Å². The molecule has 2 aromatic heterocycles. The van der Waals surface area contributed by atoms with Crippen molar-refractivity contribution in [1.82, 2.24) is 20.3 Å². The number of methoxy groups -OCH3 is 1. The minimum atomic E-state index is -0.233. The Labute approximate surface area is 206 Å². The smallest absolute Gasteiger partial charge is 0.229 e. The molecule has 0 radical (unpaired) electrons. The largest absolute Gasteiger partial charge is 0.384 e. The molecule has 4 heterocycles. The number of nitrogens with zero attached hydrogens (tertiary/aromatic N) is 5. The highest BCUT2D eigenvalue weighted by Gasteiger charge is 2.42. The molecule has 9 nitrogen and oxygen atoms in total. The van der Waals surface area contributed by atoms with Crippen LogP contribution in [0.5, 0.6) is 0 Å². The van der Waals surface area contributed by atoms with E-state index >= 15 is 0 Å². The van der Waals surface area contributed by atoms with Crippen LogP contribution in [0.25, 0.3) is 0 Å². The monoisotopic (exact) mass is 475 g/mol. The second kappa shape index (κ2) is 10.2. The molecular weight excluding hydrogens is 442 g/mol. The van der Waals surface area contributed by atoms with Crippen LogP contribution in [0.2, 0.25) is 0 Å². The van der Waals surface area contributed by atoms with Gasteiger partial charge in [0.1, 0.15) is 11.6 Å². The van der Waals surface area contributed by atoms with Gasteiger partial charge < -0.3 is 29.9 Å². The van der Waals surface area contributed by atoms with Crippen LogP contribution in [0.4, 0.5) is 29.0 Å². The van der Waals surface area contributed by atoms with Gasteiger partial charge in [0, 0.05) is 61.8 Å². The molecular formula is C26H33N7O2. The maximum atomic E-state index is 5.58. The van der Waals surface area contributed by atoms with Crippen molar-refractivity contribution in [2.24, 2.45) is 0 Å². The number of fused-ring (bicyclic) bond motifs is 1. The fourth-order valence-corrected chi connectivity index (χ4v) is 4.81. The Morgan fingerprint density at radius 2 is 1.89 bits per heavy atom. The van der Waals surface area contributed by atoms with E-state index in [0.29, 0.717) is 19.1 Å².